The molecule has 0 saturated heterocycles. The summed E-state index contributed by atoms with van der Waals surface area (Å²) in [4.78, 5) is 0. The first-order valence-electron chi connectivity index (χ1n) is 6.69. The SMILES string of the molecule is COc1cc2c(c(OC)c1OC)CCC(C)CC2N. The van der Waals surface area contributed by atoms with Crippen LogP contribution in [0.3, 0.4) is 0 Å². The Balaban J connectivity index is 2.61. The van der Waals surface area contributed by atoms with E-state index >= 15 is 0 Å². The van der Waals surface area contributed by atoms with Crippen LogP contribution in [0.2, 0.25) is 0 Å². The van der Waals surface area contributed by atoms with Crippen LogP contribution >= 0.6 is 0 Å². The maximum atomic E-state index is 6.32. The Morgan fingerprint density at radius 1 is 1.11 bits per heavy atom. The van der Waals surface area contributed by atoms with E-state index in [9.17, 15) is 0 Å². The van der Waals surface area contributed by atoms with Gasteiger partial charge in [0, 0.05) is 11.6 Å². The lowest BCUT2D eigenvalue weighted by Gasteiger charge is -2.20. The Morgan fingerprint density at radius 2 is 1.79 bits per heavy atom. The van der Waals surface area contributed by atoms with Gasteiger partial charge in [0.2, 0.25) is 5.75 Å². The van der Waals surface area contributed by atoms with Crippen molar-refractivity contribution in [2.75, 3.05) is 21.3 Å². The van der Waals surface area contributed by atoms with Crippen molar-refractivity contribution in [3.8, 4) is 17.2 Å². The summed E-state index contributed by atoms with van der Waals surface area (Å²) in [6.45, 7) is 2.24. The van der Waals surface area contributed by atoms with E-state index in [1.165, 1.54) is 0 Å². The predicted octanol–water partition coefficient (Wildman–Crippen LogP) is 2.68. The molecule has 1 aromatic carbocycles. The molecule has 0 radical (unpaired) electrons. The summed E-state index contributed by atoms with van der Waals surface area (Å²) in [5, 5.41) is 0. The van der Waals surface area contributed by atoms with Gasteiger partial charge in [-0.3, -0.25) is 0 Å². The molecule has 1 aliphatic rings. The molecule has 0 aromatic heterocycles. The Labute approximate surface area is 114 Å². The van der Waals surface area contributed by atoms with Crippen molar-refractivity contribution >= 4 is 0 Å². The van der Waals surface area contributed by atoms with E-state index in [2.05, 4.69) is 6.92 Å². The van der Waals surface area contributed by atoms with Crippen molar-refractivity contribution in [2.24, 2.45) is 11.7 Å². The second-order valence-corrected chi connectivity index (χ2v) is 5.20. The molecule has 0 aliphatic heterocycles. The average molecular weight is 265 g/mol. The van der Waals surface area contributed by atoms with Gasteiger partial charge in [0.05, 0.1) is 21.3 Å². The first-order chi connectivity index (χ1) is 9.12. The Hall–Kier alpha value is -1.42. The molecule has 4 heteroatoms. The van der Waals surface area contributed by atoms with E-state index in [1.54, 1.807) is 21.3 Å². The zero-order valence-corrected chi connectivity index (χ0v) is 12.2. The van der Waals surface area contributed by atoms with Crippen LogP contribution in [0.5, 0.6) is 17.2 Å². The highest BCUT2D eigenvalue weighted by molar-refractivity contribution is 5.60. The van der Waals surface area contributed by atoms with Gasteiger partial charge in [-0.25, -0.2) is 0 Å². The van der Waals surface area contributed by atoms with Gasteiger partial charge in [-0.15, -0.1) is 0 Å². The molecule has 0 bridgehead atoms. The number of fused-ring (bicyclic) bond motifs is 1. The molecule has 19 heavy (non-hydrogen) atoms. The quantitative estimate of drug-likeness (QED) is 0.854. The summed E-state index contributed by atoms with van der Waals surface area (Å²) < 4.78 is 16.4. The maximum absolute atomic E-state index is 6.32. The molecule has 0 fully saturated rings. The summed E-state index contributed by atoms with van der Waals surface area (Å²) in [5.74, 6) is 2.72. The number of hydrogen-bond donors (Lipinski definition) is 1. The number of hydrogen-bond acceptors (Lipinski definition) is 4. The summed E-state index contributed by atoms with van der Waals surface area (Å²) in [7, 11) is 4.93. The number of ether oxygens (including phenoxy) is 3. The van der Waals surface area contributed by atoms with Crippen LogP contribution in [-0.4, -0.2) is 21.3 Å². The molecular formula is C15H23NO3. The van der Waals surface area contributed by atoms with Gasteiger partial charge < -0.3 is 19.9 Å². The zero-order valence-electron chi connectivity index (χ0n) is 12.2. The van der Waals surface area contributed by atoms with E-state index < -0.39 is 0 Å². The number of rotatable bonds is 3. The summed E-state index contributed by atoms with van der Waals surface area (Å²) in [5.41, 5.74) is 8.61. The lowest BCUT2D eigenvalue weighted by Crippen LogP contribution is -2.13. The number of nitrogens with two attached hydrogens (primary N) is 1. The zero-order chi connectivity index (χ0) is 14.0. The molecule has 2 N–H and O–H groups in total. The molecule has 1 aliphatic carbocycles. The summed E-state index contributed by atoms with van der Waals surface area (Å²) in [6.07, 6.45) is 3.08. The lowest BCUT2D eigenvalue weighted by molar-refractivity contribution is 0.321. The molecule has 0 amide bonds. The normalized spacial score (nSPS) is 22.4. The largest absolute Gasteiger partial charge is 0.493 e. The summed E-state index contributed by atoms with van der Waals surface area (Å²) in [6, 6.07) is 2.03. The van der Waals surface area contributed by atoms with Gasteiger partial charge in [-0.1, -0.05) is 6.92 Å². The van der Waals surface area contributed by atoms with Crippen LogP contribution in [0.25, 0.3) is 0 Å². The van der Waals surface area contributed by atoms with Gasteiger partial charge in [-0.05, 0) is 36.8 Å². The van der Waals surface area contributed by atoms with Gasteiger partial charge in [0.1, 0.15) is 0 Å². The van der Waals surface area contributed by atoms with Gasteiger partial charge >= 0.3 is 0 Å². The van der Waals surface area contributed by atoms with Crippen LogP contribution in [-0.2, 0) is 6.42 Å². The first kappa shape index (κ1) is 14.0. The number of benzene rings is 1. The topological polar surface area (TPSA) is 53.7 Å². The van der Waals surface area contributed by atoms with E-state index in [4.69, 9.17) is 19.9 Å². The number of methoxy groups -OCH3 is 3. The second-order valence-electron chi connectivity index (χ2n) is 5.20. The second kappa shape index (κ2) is 5.70. The minimum atomic E-state index is 0.0289. The molecule has 2 atom stereocenters. The molecule has 0 spiro atoms. The molecule has 2 unspecified atom stereocenters. The van der Waals surface area contributed by atoms with E-state index in [-0.39, 0.29) is 6.04 Å². The summed E-state index contributed by atoms with van der Waals surface area (Å²) >= 11 is 0. The fraction of sp³-hybridized carbons (Fsp3) is 0.600. The Bertz CT molecular complexity index is 459. The van der Waals surface area contributed by atoms with Crippen molar-refractivity contribution in [3.63, 3.8) is 0 Å². The fourth-order valence-electron chi connectivity index (χ4n) is 2.89. The third-order valence-corrected chi connectivity index (χ3v) is 3.91. The van der Waals surface area contributed by atoms with E-state index in [0.717, 1.165) is 36.1 Å². The smallest absolute Gasteiger partial charge is 0.203 e. The standard InChI is InChI=1S/C15H23NO3/c1-9-5-6-10-11(12(16)7-9)8-13(17-2)15(19-4)14(10)18-3/h8-9,12H,5-7,16H2,1-4H3. The van der Waals surface area contributed by atoms with Crippen LogP contribution in [0, 0.1) is 5.92 Å². The molecule has 1 aromatic rings. The molecule has 0 saturated carbocycles. The highest BCUT2D eigenvalue weighted by Gasteiger charge is 2.27. The van der Waals surface area contributed by atoms with Crippen LogP contribution in [0.4, 0.5) is 0 Å². The molecule has 106 valence electrons. The minimum Gasteiger partial charge on any atom is -0.493 e. The minimum absolute atomic E-state index is 0.0289. The van der Waals surface area contributed by atoms with Crippen molar-refractivity contribution in [3.05, 3.63) is 17.2 Å². The van der Waals surface area contributed by atoms with E-state index in [1.807, 2.05) is 6.07 Å². The lowest BCUT2D eigenvalue weighted by atomic mass is 9.96. The Kier molecular flexibility index (Phi) is 4.20. The predicted molar refractivity (Wildman–Crippen MR) is 75.1 cm³/mol. The molecular weight excluding hydrogens is 242 g/mol. The molecule has 2 rings (SSSR count). The average Bonchev–Trinajstić information content (AvgIpc) is 2.55. The fourth-order valence-corrected chi connectivity index (χ4v) is 2.89. The molecule has 0 heterocycles. The highest BCUT2D eigenvalue weighted by Crippen LogP contribution is 2.46. The van der Waals surface area contributed by atoms with Gasteiger partial charge in [0.15, 0.2) is 11.5 Å². The molecule has 4 nitrogen and oxygen atoms in total. The van der Waals surface area contributed by atoms with Crippen LogP contribution < -0.4 is 19.9 Å². The van der Waals surface area contributed by atoms with Gasteiger partial charge in [-0.2, -0.15) is 0 Å². The first-order valence-corrected chi connectivity index (χ1v) is 6.69. The van der Waals surface area contributed by atoms with Crippen molar-refractivity contribution in [1.82, 2.24) is 0 Å². The Morgan fingerprint density at radius 3 is 2.37 bits per heavy atom. The van der Waals surface area contributed by atoms with Crippen LogP contribution in [0.15, 0.2) is 6.07 Å². The van der Waals surface area contributed by atoms with Crippen molar-refractivity contribution < 1.29 is 14.2 Å². The van der Waals surface area contributed by atoms with Crippen LogP contribution in [0.1, 0.15) is 36.9 Å². The van der Waals surface area contributed by atoms with Crippen molar-refractivity contribution in [2.45, 2.75) is 32.2 Å². The van der Waals surface area contributed by atoms with Gasteiger partial charge in [0.25, 0.3) is 0 Å². The monoisotopic (exact) mass is 265 g/mol. The third kappa shape index (κ3) is 2.50. The van der Waals surface area contributed by atoms with E-state index in [0.29, 0.717) is 17.4 Å². The third-order valence-electron chi connectivity index (χ3n) is 3.91. The highest BCUT2D eigenvalue weighted by atomic mass is 16.5. The van der Waals surface area contributed by atoms with Crippen molar-refractivity contribution in [1.29, 1.82) is 0 Å². The maximum Gasteiger partial charge on any atom is 0.203 e.